The Morgan fingerprint density at radius 3 is 2.40 bits per heavy atom. The summed E-state index contributed by atoms with van der Waals surface area (Å²) in [6, 6.07) is 10.3. The van der Waals surface area contributed by atoms with Crippen LogP contribution in [0.5, 0.6) is 0 Å². The number of nitrogens with one attached hydrogen (secondary N) is 1. The lowest BCUT2D eigenvalue weighted by molar-refractivity contribution is 0.117. The van der Waals surface area contributed by atoms with E-state index in [2.05, 4.69) is 43.2 Å². The van der Waals surface area contributed by atoms with Crippen LogP contribution in [-0.2, 0) is 5.54 Å². The van der Waals surface area contributed by atoms with Crippen molar-refractivity contribution in [1.29, 1.82) is 0 Å². The van der Waals surface area contributed by atoms with E-state index < -0.39 is 0 Å². The number of hydrogen-bond acceptors (Lipinski definition) is 3. The molecule has 0 spiro atoms. The Morgan fingerprint density at radius 1 is 1.15 bits per heavy atom. The first kappa shape index (κ1) is 17.2. The molecule has 0 aliphatic heterocycles. The summed E-state index contributed by atoms with van der Waals surface area (Å²) < 4.78 is 0. The second kappa shape index (κ2) is 9.11. The molecular weight excluding hydrogens is 248 g/mol. The highest BCUT2D eigenvalue weighted by molar-refractivity contribution is 5.25. The van der Waals surface area contributed by atoms with Crippen molar-refractivity contribution >= 4 is 0 Å². The Kier molecular flexibility index (Phi) is 7.82. The van der Waals surface area contributed by atoms with E-state index in [1.807, 2.05) is 18.2 Å². The number of unbranched alkanes of at least 4 members (excludes halogenated alkanes) is 1. The van der Waals surface area contributed by atoms with Gasteiger partial charge in [-0.25, -0.2) is 0 Å². The summed E-state index contributed by atoms with van der Waals surface area (Å²) in [7, 11) is 2.14. The molecule has 0 heterocycles. The molecule has 0 saturated carbocycles. The molecule has 0 radical (unpaired) electrons. The molecule has 0 aromatic heterocycles. The van der Waals surface area contributed by atoms with Gasteiger partial charge in [0.25, 0.3) is 0 Å². The van der Waals surface area contributed by atoms with Gasteiger partial charge < -0.3 is 15.3 Å². The summed E-state index contributed by atoms with van der Waals surface area (Å²) in [6.07, 6.45) is 3.46. The summed E-state index contributed by atoms with van der Waals surface area (Å²) in [5, 5.41) is 13.6. The highest BCUT2D eigenvalue weighted by Crippen LogP contribution is 2.22. The number of nitrogens with zero attached hydrogens (tertiary/aromatic N) is 1. The Labute approximate surface area is 124 Å². The number of benzene rings is 1. The van der Waals surface area contributed by atoms with Crippen molar-refractivity contribution in [2.24, 2.45) is 0 Å². The van der Waals surface area contributed by atoms with Gasteiger partial charge in [-0.3, -0.25) is 0 Å². The zero-order chi connectivity index (χ0) is 14.8. The smallest absolute Gasteiger partial charge is 0.0797 e. The van der Waals surface area contributed by atoms with Crippen molar-refractivity contribution in [3.8, 4) is 0 Å². The predicted octanol–water partition coefficient (Wildman–Crippen LogP) is 2.61. The molecule has 20 heavy (non-hydrogen) atoms. The molecule has 0 fully saturated rings. The van der Waals surface area contributed by atoms with Gasteiger partial charge in [0, 0.05) is 6.54 Å². The number of hydrogen-bond donors (Lipinski definition) is 2. The molecule has 1 unspecified atom stereocenters. The van der Waals surface area contributed by atoms with Crippen LogP contribution in [-0.4, -0.2) is 43.3 Å². The van der Waals surface area contributed by atoms with E-state index in [9.17, 15) is 5.11 Å². The van der Waals surface area contributed by atoms with E-state index in [0.717, 1.165) is 26.1 Å². The minimum atomic E-state index is -0.361. The number of aliphatic hydroxyl groups excluding tert-OH is 1. The van der Waals surface area contributed by atoms with Crippen molar-refractivity contribution in [2.45, 2.75) is 38.6 Å². The molecule has 3 heteroatoms. The quantitative estimate of drug-likeness (QED) is 0.690. The predicted molar refractivity (Wildman–Crippen MR) is 85.9 cm³/mol. The van der Waals surface area contributed by atoms with Gasteiger partial charge in [0.1, 0.15) is 0 Å². The molecule has 0 aliphatic carbocycles. The van der Waals surface area contributed by atoms with Gasteiger partial charge in [-0.2, -0.15) is 0 Å². The van der Waals surface area contributed by atoms with Crippen LogP contribution in [0.3, 0.4) is 0 Å². The maximum absolute atomic E-state index is 10.0. The Bertz CT molecular complexity index is 355. The third kappa shape index (κ3) is 4.89. The SMILES string of the molecule is CCCCN(C)CC(CO)(NCCC)c1ccccc1. The van der Waals surface area contributed by atoms with Crippen molar-refractivity contribution in [3.63, 3.8) is 0 Å². The van der Waals surface area contributed by atoms with Crippen molar-refractivity contribution in [3.05, 3.63) is 35.9 Å². The Morgan fingerprint density at radius 2 is 1.85 bits per heavy atom. The zero-order valence-corrected chi connectivity index (χ0v) is 13.2. The minimum Gasteiger partial charge on any atom is -0.394 e. The van der Waals surface area contributed by atoms with Gasteiger partial charge in [0.2, 0.25) is 0 Å². The van der Waals surface area contributed by atoms with E-state index in [-0.39, 0.29) is 12.1 Å². The van der Waals surface area contributed by atoms with Gasteiger partial charge in [-0.1, -0.05) is 50.6 Å². The van der Waals surface area contributed by atoms with Crippen LogP contribution in [0.15, 0.2) is 30.3 Å². The van der Waals surface area contributed by atoms with Gasteiger partial charge in [-0.15, -0.1) is 0 Å². The largest absolute Gasteiger partial charge is 0.394 e. The van der Waals surface area contributed by atoms with Crippen LogP contribution in [0, 0.1) is 0 Å². The van der Waals surface area contributed by atoms with Crippen LogP contribution in [0.4, 0.5) is 0 Å². The fourth-order valence-corrected chi connectivity index (χ4v) is 2.54. The third-order valence-corrected chi connectivity index (χ3v) is 3.74. The van der Waals surface area contributed by atoms with E-state index in [1.54, 1.807) is 0 Å². The Balaban J connectivity index is 2.87. The van der Waals surface area contributed by atoms with Crippen LogP contribution in [0.2, 0.25) is 0 Å². The van der Waals surface area contributed by atoms with Crippen LogP contribution in [0.25, 0.3) is 0 Å². The monoisotopic (exact) mass is 278 g/mol. The summed E-state index contributed by atoms with van der Waals surface area (Å²) >= 11 is 0. The maximum Gasteiger partial charge on any atom is 0.0797 e. The molecule has 1 atom stereocenters. The minimum absolute atomic E-state index is 0.119. The normalized spacial score (nSPS) is 14.4. The van der Waals surface area contributed by atoms with Gasteiger partial charge in [-0.05, 0) is 38.5 Å². The number of rotatable bonds is 10. The van der Waals surface area contributed by atoms with E-state index in [4.69, 9.17) is 0 Å². The molecule has 114 valence electrons. The fraction of sp³-hybridized carbons (Fsp3) is 0.647. The lowest BCUT2D eigenvalue weighted by Gasteiger charge is -2.37. The second-order valence-corrected chi connectivity index (χ2v) is 5.62. The van der Waals surface area contributed by atoms with Gasteiger partial charge in [0.15, 0.2) is 0 Å². The molecule has 0 saturated heterocycles. The molecule has 3 nitrogen and oxygen atoms in total. The second-order valence-electron chi connectivity index (χ2n) is 5.62. The standard InChI is InChI=1S/C17H30N2O/c1-4-6-13-19(3)14-17(15-20,18-12-5-2)16-10-8-7-9-11-16/h7-11,18,20H,4-6,12-15H2,1-3H3. The molecule has 0 amide bonds. The van der Waals surface area contributed by atoms with Crippen LogP contribution in [0.1, 0.15) is 38.7 Å². The average molecular weight is 278 g/mol. The first-order chi connectivity index (χ1) is 9.68. The van der Waals surface area contributed by atoms with Crippen molar-refractivity contribution in [2.75, 3.05) is 33.3 Å². The van der Waals surface area contributed by atoms with Gasteiger partial charge >= 0.3 is 0 Å². The lowest BCUT2D eigenvalue weighted by atomic mass is 9.89. The molecule has 1 aromatic rings. The number of likely N-dealkylation sites (N-methyl/N-ethyl adjacent to an activating group) is 1. The molecule has 2 N–H and O–H groups in total. The highest BCUT2D eigenvalue weighted by atomic mass is 16.3. The van der Waals surface area contributed by atoms with Gasteiger partial charge in [0.05, 0.1) is 12.1 Å². The molecule has 0 bridgehead atoms. The summed E-state index contributed by atoms with van der Waals surface area (Å²) in [4.78, 5) is 2.31. The van der Waals surface area contributed by atoms with Crippen LogP contribution >= 0.6 is 0 Å². The average Bonchev–Trinajstić information content (AvgIpc) is 2.50. The summed E-state index contributed by atoms with van der Waals surface area (Å²) in [5.74, 6) is 0. The van der Waals surface area contributed by atoms with E-state index in [1.165, 1.54) is 18.4 Å². The van der Waals surface area contributed by atoms with E-state index in [0.29, 0.717) is 0 Å². The lowest BCUT2D eigenvalue weighted by Crippen LogP contribution is -2.53. The van der Waals surface area contributed by atoms with Crippen molar-refractivity contribution < 1.29 is 5.11 Å². The molecular formula is C17H30N2O. The number of aliphatic hydroxyl groups is 1. The fourth-order valence-electron chi connectivity index (χ4n) is 2.54. The molecule has 1 aromatic carbocycles. The Hall–Kier alpha value is -0.900. The first-order valence-corrected chi connectivity index (χ1v) is 7.78. The summed E-state index contributed by atoms with van der Waals surface area (Å²) in [5.41, 5.74) is 0.805. The highest BCUT2D eigenvalue weighted by Gasteiger charge is 2.31. The molecule has 0 aliphatic rings. The maximum atomic E-state index is 10.0. The third-order valence-electron chi connectivity index (χ3n) is 3.74. The van der Waals surface area contributed by atoms with Crippen molar-refractivity contribution in [1.82, 2.24) is 10.2 Å². The van der Waals surface area contributed by atoms with E-state index >= 15 is 0 Å². The van der Waals surface area contributed by atoms with Crippen LogP contribution < -0.4 is 5.32 Å². The summed E-state index contributed by atoms with van der Waals surface area (Å²) in [6.45, 7) is 7.29. The zero-order valence-electron chi connectivity index (χ0n) is 13.2. The molecule has 1 rings (SSSR count). The topological polar surface area (TPSA) is 35.5 Å². The first-order valence-electron chi connectivity index (χ1n) is 7.78.